The van der Waals surface area contributed by atoms with Gasteiger partial charge in [-0.15, -0.1) is 6.58 Å². The zero-order valence-electron chi connectivity index (χ0n) is 13.5. The van der Waals surface area contributed by atoms with Gasteiger partial charge < -0.3 is 20.1 Å². The predicted molar refractivity (Wildman–Crippen MR) is 80.0 cm³/mol. The number of ether oxygens (including phenoxy) is 2. The van der Waals surface area contributed by atoms with Gasteiger partial charge in [0, 0.05) is 18.4 Å². The maximum absolute atomic E-state index is 11.9. The van der Waals surface area contributed by atoms with Crippen LogP contribution in [-0.2, 0) is 19.1 Å². The zero-order valence-corrected chi connectivity index (χ0v) is 13.5. The van der Waals surface area contributed by atoms with Gasteiger partial charge in [0.15, 0.2) is 0 Å². The third-order valence-corrected chi connectivity index (χ3v) is 3.33. The maximum atomic E-state index is 11.9. The molecule has 0 aromatic rings. The van der Waals surface area contributed by atoms with Crippen LogP contribution in [0.3, 0.4) is 0 Å². The second-order valence-electron chi connectivity index (χ2n) is 6.21. The van der Waals surface area contributed by atoms with Crippen LogP contribution in [0, 0.1) is 11.8 Å². The summed E-state index contributed by atoms with van der Waals surface area (Å²) in [7, 11) is 1.23. The van der Waals surface area contributed by atoms with E-state index in [0.717, 1.165) is 0 Å². The highest BCUT2D eigenvalue weighted by Gasteiger charge is 2.37. The van der Waals surface area contributed by atoms with Gasteiger partial charge in [-0.3, -0.25) is 4.79 Å². The van der Waals surface area contributed by atoms with E-state index in [1.807, 2.05) is 0 Å². The number of nitrogens with one attached hydrogen (secondary N) is 2. The molecule has 2 N–H and O–H groups in total. The lowest BCUT2D eigenvalue weighted by molar-refractivity contribution is -0.143. The summed E-state index contributed by atoms with van der Waals surface area (Å²) in [6.45, 7) is 9.33. The Morgan fingerprint density at radius 2 is 2.14 bits per heavy atom. The molecule has 0 bridgehead atoms. The Bertz CT molecular complexity index is 455. The van der Waals surface area contributed by atoms with Crippen LogP contribution in [-0.4, -0.2) is 43.3 Å². The molecular formula is C15H24N2O5. The van der Waals surface area contributed by atoms with E-state index in [9.17, 15) is 14.4 Å². The summed E-state index contributed by atoms with van der Waals surface area (Å²) in [6, 6.07) is -0.948. The van der Waals surface area contributed by atoms with Crippen molar-refractivity contribution in [3.63, 3.8) is 0 Å². The first kappa shape index (κ1) is 18.0. The van der Waals surface area contributed by atoms with Crippen molar-refractivity contribution in [3.8, 4) is 0 Å². The summed E-state index contributed by atoms with van der Waals surface area (Å²) in [5.41, 5.74) is -0.681. The Balaban J connectivity index is 2.77. The van der Waals surface area contributed by atoms with Crippen LogP contribution in [0.2, 0.25) is 0 Å². The summed E-state index contributed by atoms with van der Waals surface area (Å²) in [5.74, 6) is -1.30. The highest BCUT2D eigenvalue weighted by molar-refractivity contribution is 5.85. The van der Waals surface area contributed by atoms with Crippen LogP contribution in [0.1, 0.15) is 27.2 Å². The SMILES string of the molecule is C=C[C@H]1CNC(=O)[C@@H]1C[C@H](NC(=O)OC(C)(C)C)C(=O)OC. The molecule has 1 heterocycles. The van der Waals surface area contributed by atoms with Gasteiger partial charge in [0.25, 0.3) is 0 Å². The Morgan fingerprint density at radius 3 is 2.64 bits per heavy atom. The highest BCUT2D eigenvalue weighted by atomic mass is 16.6. The van der Waals surface area contributed by atoms with Gasteiger partial charge in [-0.25, -0.2) is 9.59 Å². The van der Waals surface area contributed by atoms with E-state index in [1.54, 1.807) is 26.8 Å². The summed E-state index contributed by atoms with van der Waals surface area (Å²) >= 11 is 0. The van der Waals surface area contributed by atoms with Crippen molar-refractivity contribution >= 4 is 18.0 Å². The van der Waals surface area contributed by atoms with Crippen LogP contribution in [0.4, 0.5) is 4.79 Å². The van der Waals surface area contributed by atoms with Crippen LogP contribution in [0.5, 0.6) is 0 Å². The number of esters is 1. The summed E-state index contributed by atoms with van der Waals surface area (Å²) in [5, 5.41) is 5.18. The fourth-order valence-corrected chi connectivity index (χ4v) is 2.28. The molecule has 0 unspecified atom stereocenters. The van der Waals surface area contributed by atoms with Gasteiger partial charge in [-0.2, -0.15) is 0 Å². The Morgan fingerprint density at radius 1 is 1.50 bits per heavy atom. The quantitative estimate of drug-likeness (QED) is 0.583. The molecule has 124 valence electrons. The number of hydrogen-bond donors (Lipinski definition) is 2. The van der Waals surface area contributed by atoms with Crippen molar-refractivity contribution < 1.29 is 23.9 Å². The lowest BCUT2D eigenvalue weighted by Gasteiger charge is -2.24. The van der Waals surface area contributed by atoms with Crippen LogP contribution >= 0.6 is 0 Å². The number of alkyl carbamates (subject to hydrolysis) is 1. The van der Waals surface area contributed by atoms with Crippen molar-refractivity contribution in [2.75, 3.05) is 13.7 Å². The number of carbonyl (C=O) groups excluding carboxylic acids is 3. The van der Waals surface area contributed by atoms with Crippen LogP contribution < -0.4 is 10.6 Å². The van der Waals surface area contributed by atoms with Crippen molar-refractivity contribution in [2.24, 2.45) is 11.8 Å². The van der Waals surface area contributed by atoms with E-state index >= 15 is 0 Å². The first-order chi connectivity index (χ1) is 10.2. The molecule has 0 aromatic heterocycles. The van der Waals surface area contributed by atoms with E-state index in [1.165, 1.54) is 7.11 Å². The molecule has 0 spiro atoms. The molecule has 1 aliphatic heterocycles. The first-order valence-corrected chi connectivity index (χ1v) is 7.15. The number of rotatable bonds is 5. The summed E-state index contributed by atoms with van der Waals surface area (Å²) < 4.78 is 9.82. The molecule has 0 radical (unpaired) electrons. The van der Waals surface area contributed by atoms with Gasteiger partial charge in [0.1, 0.15) is 11.6 Å². The number of methoxy groups -OCH3 is 1. The van der Waals surface area contributed by atoms with E-state index < -0.39 is 29.6 Å². The smallest absolute Gasteiger partial charge is 0.408 e. The molecule has 0 aliphatic carbocycles. The molecule has 7 nitrogen and oxygen atoms in total. The minimum atomic E-state index is -0.948. The topological polar surface area (TPSA) is 93.7 Å². The standard InChI is InChI=1S/C15H24N2O5/c1-6-9-8-16-12(18)10(9)7-11(13(19)21-5)17-14(20)22-15(2,3)4/h6,9-11H,1,7-8H2,2-5H3,(H,16,18)(H,17,20)/t9-,10+,11-/m0/s1. The van der Waals surface area contributed by atoms with Gasteiger partial charge in [-0.05, 0) is 27.2 Å². The van der Waals surface area contributed by atoms with Crippen molar-refractivity contribution in [1.82, 2.24) is 10.6 Å². The van der Waals surface area contributed by atoms with Crippen molar-refractivity contribution in [3.05, 3.63) is 12.7 Å². The minimum Gasteiger partial charge on any atom is -0.467 e. The first-order valence-electron chi connectivity index (χ1n) is 7.15. The predicted octanol–water partition coefficient (Wildman–Crippen LogP) is 0.991. The number of amides is 2. The molecule has 3 atom stereocenters. The molecule has 1 fully saturated rings. The normalized spacial score (nSPS) is 22.5. The summed E-state index contributed by atoms with van der Waals surface area (Å²) in [4.78, 5) is 35.5. The van der Waals surface area contributed by atoms with E-state index in [2.05, 4.69) is 17.2 Å². The molecule has 22 heavy (non-hydrogen) atoms. The molecule has 7 heteroatoms. The molecular weight excluding hydrogens is 288 g/mol. The lowest BCUT2D eigenvalue weighted by Crippen LogP contribution is -2.46. The van der Waals surface area contributed by atoms with Crippen molar-refractivity contribution in [1.29, 1.82) is 0 Å². The fourth-order valence-electron chi connectivity index (χ4n) is 2.28. The van der Waals surface area contributed by atoms with E-state index in [0.29, 0.717) is 6.54 Å². The minimum absolute atomic E-state index is 0.0832. The largest absolute Gasteiger partial charge is 0.467 e. The Hall–Kier alpha value is -2.05. The summed E-state index contributed by atoms with van der Waals surface area (Å²) in [6.07, 6.45) is 1.08. The van der Waals surface area contributed by atoms with E-state index in [4.69, 9.17) is 9.47 Å². The molecule has 0 aromatic carbocycles. The maximum Gasteiger partial charge on any atom is 0.408 e. The molecule has 0 saturated carbocycles. The number of carbonyl (C=O) groups is 3. The van der Waals surface area contributed by atoms with Crippen LogP contribution in [0.25, 0.3) is 0 Å². The highest BCUT2D eigenvalue weighted by Crippen LogP contribution is 2.24. The third kappa shape index (κ3) is 5.05. The van der Waals surface area contributed by atoms with Crippen LogP contribution in [0.15, 0.2) is 12.7 Å². The van der Waals surface area contributed by atoms with Gasteiger partial charge >= 0.3 is 12.1 Å². The van der Waals surface area contributed by atoms with Crippen molar-refractivity contribution in [2.45, 2.75) is 38.8 Å². The molecule has 2 amide bonds. The Labute approximate surface area is 130 Å². The number of hydrogen-bond acceptors (Lipinski definition) is 5. The Kier molecular flexibility index (Phi) is 5.96. The molecule has 1 rings (SSSR count). The third-order valence-electron chi connectivity index (χ3n) is 3.33. The fraction of sp³-hybridized carbons (Fsp3) is 0.667. The molecule has 1 aliphatic rings. The van der Waals surface area contributed by atoms with Gasteiger partial charge in [-0.1, -0.05) is 6.08 Å². The van der Waals surface area contributed by atoms with Gasteiger partial charge in [0.2, 0.25) is 5.91 Å². The average Bonchev–Trinajstić information content (AvgIpc) is 2.75. The second kappa shape index (κ2) is 7.29. The molecule has 1 saturated heterocycles. The average molecular weight is 312 g/mol. The zero-order chi connectivity index (χ0) is 16.9. The lowest BCUT2D eigenvalue weighted by atomic mass is 9.89. The van der Waals surface area contributed by atoms with Gasteiger partial charge in [0.05, 0.1) is 7.11 Å². The van der Waals surface area contributed by atoms with E-state index in [-0.39, 0.29) is 18.2 Å². The second-order valence-corrected chi connectivity index (χ2v) is 6.21. The monoisotopic (exact) mass is 312 g/mol.